The van der Waals surface area contributed by atoms with Gasteiger partial charge in [0.25, 0.3) is 0 Å². The normalized spacial score (nSPS) is 23.8. The van der Waals surface area contributed by atoms with Crippen molar-refractivity contribution < 1.29 is 9.47 Å². The fourth-order valence-electron chi connectivity index (χ4n) is 0.985. The highest BCUT2D eigenvalue weighted by Gasteiger charge is 2.17. The molecule has 0 saturated carbocycles. The molecule has 1 aromatic heterocycles. The quantitative estimate of drug-likeness (QED) is 0.659. The topological polar surface area (TPSA) is 44.2 Å². The predicted molar refractivity (Wildman–Crippen MR) is 39.8 cm³/mol. The van der Waals surface area contributed by atoms with Crippen molar-refractivity contribution in [3.8, 4) is 5.88 Å². The Labute approximate surface area is 68.5 Å². The van der Waals surface area contributed by atoms with Gasteiger partial charge >= 0.3 is 0 Å². The van der Waals surface area contributed by atoms with E-state index in [-0.39, 0.29) is 6.10 Å². The van der Waals surface area contributed by atoms with Crippen molar-refractivity contribution in [2.24, 2.45) is 0 Å². The number of aromatic nitrogens is 2. The summed E-state index contributed by atoms with van der Waals surface area (Å²) in [4.78, 5) is 0. The summed E-state index contributed by atoms with van der Waals surface area (Å²) in [5.41, 5.74) is 0. The first kappa shape index (κ1) is 7.00. The molecule has 0 spiro atoms. The number of hydrogen-bond donors (Lipinski definition) is 0. The SMILES string of the molecule is c1nsnc1OC1CCOC1. The first-order valence-corrected chi connectivity index (χ1v) is 4.20. The predicted octanol–water partition coefficient (Wildman–Crippen LogP) is 0.706. The smallest absolute Gasteiger partial charge is 0.246 e. The molecule has 2 rings (SSSR count). The summed E-state index contributed by atoms with van der Waals surface area (Å²) in [6.07, 6.45) is 2.76. The molecule has 1 aliphatic heterocycles. The summed E-state index contributed by atoms with van der Waals surface area (Å²) in [7, 11) is 0. The van der Waals surface area contributed by atoms with Gasteiger partial charge < -0.3 is 9.47 Å². The first-order valence-electron chi connectivity index (χ1n) is 3.47. The molecule has 1 aliphatic rings. The molecule has 0 amide bonds. The minimum atomic E-state index is 0.180. The zero-order valence-corrected chi connectivity index (χ0v) is 6.71. The Balaban J connectivity index is 1.90. The van der Waals surface area contributed by atoms with Crippen molar-refractivity contribution in [3.63, 3.8) is 0 Å². The van der Waals surface area contributed by atoms with Gasteiger partial charge in [-0.3, -0.25) is 0 Å². The summed E-state index contributed by atoms with van der Waals surface area (Å²) in [5, 5.41) is 0. The molecule has 1 atom stereocenters. The molecule has 11 heavy (non-hydrogen) atoms. The fourth-order valence-corrected chi connectivity index (χ4v) is 1.34. The largest absolute Gasteiger partial charge is 0.470 e. The fraction of sp³-hybridized carbons (Fsp3) is 0.667. The van der Waals surface area contributed by atoms with E-state index in [9.17, 15) is 0 Å². The van der Waals surface area contributed by atoms with E-state index >= 15 is 0 Å². The Morgan fingerprint density at radius 3 is 3.36 bits per heavy atom. The van der Waals surface area contributed by atoms with E-state index in [2.05, 4.69) is 8.75 Å². The minimum Gasteiger partial charge on any atom is -0.470 e. The summed E-state index contributed by atoms with van der Waals surface area (Å²) in [5.74, 6) is 0.616. The van der Waals surface area contributed by atoms with Crippen LogP contribution in [0.1, 0.15) is 6.42 Å². The third kappa shape index (κ3) is 1.66. The van der Waals surface area contributed by atoms with Gasteiger partial charge in [0.05, 0.1) is 24.9 Å². The van der Waals surface area contributed by atoms with E-state index in [0.29, 0.717) is 12.5 Å². The van der Waals surface area contributed by atoms with Crippen LogP contribution in [0.2, 0.25) is 0 Å². The van der Waals surface area contributed by atoms with Crippen LogP contribution in [0.15, 0.2) is 6.20 Å². The first-order chi connectivity index (χ1) is 5.45. The number of hydrogen-bond acceptors (Lipinski definition) is 5. The van der Waals surface area contributed by atoms with E-state index in [1.165, 1.54) is 0 Å². The molecular formula is C6H8N2O2S. The highest BCUT2D eigenvalue weighted by Crippen LogP contribution is 2.13. The molecule has 1 aromatic rings. The lowest BCUT2D eigenvalue weighted by atomic mass is 10.3. The molecule has 1 unspecified atom stereocenters. The minimum absolute atomic E-state index is 0.180. The van der Waals surface area contributed by atoms with Crippen LogP contribution in [0.25, 0.3) is 0 Å². The van der Waals surface area contributed by atoms with Gasteiger partial charge in [-0.05, 0) is 0 Å². The molecule has 1 saturated heterocycles. The third-order valence-electron chi connectivity index (χ3n) is 1.52. The molecule has 0 radical (unpaired) electrons. The second kappa shape index (κ2) is 3.15. The average molecular weight is 172 g/mol. The highest BCUT2D eigenvalue weighted by molar-refractivity contribution is 6.99. The summed E-state index contributed by atoms with van der Waals surface area (Å²) in [6.45, 7) is 1.47. The third-order valence-corrected chi connectivity index (χ3v) is 1.98. The Kier molecular flexibility index (Phi) is 2.00. The molecule has 1 fully saturated rings. The van der Waals surface area contributed by atoms with Crippen LogP contribution in [0, 0.1) is 0 Å². The Bertz CT molecular complexity index is 208. The molecule has 2 heterocycles. The maximum atomic E-state index is 5.43. The van der Waals surface area contributed by atoms with E-state index < -0.39 is 0 Å². The van der Waals surface area contributed by atoms with Gasteiger partial charge in [0.1, 0.15) is 12.3 Å². The number of rotatable bonds is 2. The van der Waals surface area contributed by atoms with Crippen LogP contribution in [0.5, 0.6) is 5.88 Å². The van der Waals surface area contributed by atoms with Crippen LogP contribution < -0.4 is 4.74 Å². The molecule has 4 nitrogen and oxygen atoms in total. The van der Waals surface area contributed by atoms with Crippen LogP contribution in [0.4, 0.5) is 0 Å². The number of nitrogens with zero attached hydrogens (tertiary/aromatic N) is 2. The molecule has 60 valence electrons. The Morgan fingerprint density at radius 2 is 2.73 bits per heavy atom. The van der Waals surface area contributed by atoms with Crippen molar-refractivity contribution >= 4 is 11.7 Å². The van der Waals surface area contributed by atoms with Gasteiger partial charge in [-0.2, -0.15) is 4.37 Å². The van der Waals surface area contributed by atoms with Crippen molar-refractivity contribution in [2.75, 3.05) is 13.2 Å². The lowest BCUT2D eigenvalue weighted by Gasteiger charge is -2.06. The zero-order chi connectivity index (χ0) is 7.52. The zero-order valence-electron chi connectivity index (χ0n) is 5.90. The maximum absolute atomic E-state index is 5.43. The van der Waals surface area contributed by atoms with E-state index in [1.54, 1.807) is 6.20 Å². The highest BCUT2D eigenvalue weighted by atomic mass is 32.1. The molecule has 5 heteroatoms. The van der Waals surface area contributed by atoms with Gasteiger partial charge in [-0.15, -0.1) is 4.37 Å². The lowest BCUT2D eigenvalue weighted by molar-refractivity contribution is 0.138. The molecule has 0 aliphatic carbocycles. The van der Waals surface area contributed by atoms with Gasteiger partial charge in [0, 0.05) is 6.42 Å². The van der Waals surface area contributed by atoms with E-state index in [1.807, 2.05) is 0 Å². The monoisotopic (exact) mass is 172 g/mol. The summed E-state index contributed by atoms with van der Waals surface area (Å²) >= 11 is 1.16. The standard InChI is InChI=1S/C6H8N2O2S/c1-2-9-4-5(1)10-6-3-7-11-8-6/h3,5H,1-2,4H2. The van der Waals surface area contributed by atoms with Crippen molar-refractivity contribution in [1.82, 2.24) is 8.75 Å². The van der Waals surface area contributed by atoms with Crippen molar-refractivity contribution in [3.05, 3.63) is 6.20 Å². The second-order valence-electron chi connectivity index (χ2n) is 2.35. The summed E-state index contributed by atoms with van der Waals surface area (Å²) < 4.78 is 18.3. The Morgan fingerprint density at radius 1 is 1.73 bits per heavy atom. The van der Waals surface area contributed by atoms with Crippen LogP contribution >= 0.6 is 11.7 Å². The molecule has 0 bridgehead atoms. The van der Waals surface area contributed by atoms with Gasteiger partial charge in [-0.1, -0.05) is 0 Å². The average Bonchev–Trinajstić information content (AvgIpc) is 2.60. The maximum Gasteiger partial charge on any atom is 0.246 e. The summed E-state index contributed by atoms with van der Waals surface area (Å²) in [6, 6.07) is 0. The van der Waals surface area contributed by atoms with Gasteiger partial charge in [0.2, 0.25) is 5.88 Å². The molecular weight excluding hydrogens is 164 g/mol. The van der Waals surface area contributed by atoms with Crippen molar-refractivity contribution in [1.29, 1.82) is 0 Å². The van der Waals surface area contributed by atoms with E-state index in [4.69, 9.17) is 9.47 Å². The van der Waals surface area contributed by atoms with Gasteiger partial charge in [-0.25, -0.2) is 0 Å². The van der Waals surface area contributed by atoms with E-state index in [0.717, 1.165) is 24.8 Å². The van der Waals surface area contributed by atoms with Crippen molar-refractivity contribution in [2.45, 2.75) is 12.5 Å². The molecule has 0 aromatic carbocycles. The van der Waals surface area contributed by atoms with Crippen LogP contribution in [0.3, 0.4) is 0 Å². The van der Waals surface area contributed by atoms with Crippen LogP contribution in [-0.2, 0) is 4.74 Å². The second-order valence-corrected chi connectivity index (χ2v) is 2.91. The van der Waals surface area contributed by atoms with Gasteiger partial charge in [0.15, 0.2) is 0 Å². The van der Waals surface area contributed by atoms with Crippen LogP contribution in [-0.4, -0.2) is 28.1 Å². The number of ether oxygens (including phenoxy) is 2. The lowest BCUT2D eigenvalue weighted by Crippen LogP contribution is -2.15. The Hall–Kier alpha value is -0.680. The molecule has 0 N–H and O–H groups in total.